The first-order chi connectivity index (χ1) is 11.4. The van der Waals surface area contributed by atoms with Gasteiger partial charge >= 0.3 is 0 Å². The summed E-state index contributed by atoms with van der Waals surface area (Å²) < 4.78 is 36.6. The van der Waals surface area contributed by atoms with Crippen molar-refractivity contribution in [2.45, 2.75) is 38.4 Å². The average Bonchev–Trinajstić information content (AvgIpc) is 2.54. The van der Waals surface area contributed by atoms with Crippen LogP contribution in [-0.4, -0.2) is 39.3 Å². The molecule has 0 aromatic heterocycles. The molecule has 2 rings (SSSR count). The SMILES string of the molecule is CC(C)S(=O)(=O)NCCCCC(=O)Nc1ccc2c(c1)OCCO2. The molecule has 0 unspecified atom stereocenters. The van der Waals surface area contributed by atoms with Gasteiger partial charge in [0, 0.05) is 24.7 Å². The van der Waals surface area contributed by atoms with Gasteiger partial charge in [0.2, 0.25) is 15.9 Å². The van der Waals surface area contributed by atoms with E-state index in [2.05, 4.69) is 10.0 Å². The largest absolute Gasteiger partial charge is 0.486 e. The van der Waals surface area contributed by atoms with Crippen LogP contribution in [0.15, 0.2) is 18.2 Å². The number of hydrogen-bond acceptors (Lipinski definition) is 5. The number of anilines is 1. The molecule has 0 radical (unpaired) electrons. The number of carbonyl (C=O) groups excluding carboxylic acids is 1. The van der Waals surface area contributed by atoms with Crippen LogP contribution in [0.4, 0.5) is 5.69 Å². The Bertz CT molecular complexity index is 673. The topological polar surface area (TPSA) is 93.7 Å². The molecule has 0 atom stereocenters. The molecule has 1 aliphatic rings. The van der Waals surface area contributed by atoms with Crippen LogP contribution in [0.2, 0.25) is 0 Å². The van der Waals surface area contributed by atoms with Gasteiger partial charge in [0.1, 0.15) is 13.2 Å². The molecule has 0 bridgehead atoms. The van der Waals surface area contributed by atoms with Crippen LogP contribution < -0.4 is 19.5 Å². The number of ether oxygens (including phenoxy) is 2. The maximum atomic E-state index is 11.9. The molecular formula is C16H24N2O5S. The summed E-state index contributed by atoms with van der Waals surface area (Å²) in [5.74, 6) is 1.19. The van der Waals surface area contributed by atoms with Crippen molar-refractivity contribution in [3.05, 3.63) is 18.2 Å². The number of rotatable bonds is 8. The van der Waals surface area contributed by atoms with Crippen LogP contribution in [0.25, 0.3) is 0 Å². The van der Waals surface area contributed by atoms with Crippen molar-refractivity contribution in [3.63, 3.8) is 0 Å². The Balaban J connectivity index is 1.70. The predicted molar refractivity (Wildman–Crippen MR) is 92.0 cm³/mol. The summed E-state index contributed by atoms with van der Waals surface area (Å²) in [5.41, 5.74) is 0.657. The molecule has 0 aliphatic carbocycles. The second-order valence-corrected chi connectivity index (χ2v) is 8.17. The molecule has 24 heavy (non-hydrogen) atoms. The number of unbranched alkanes of at least 4 members (excludes halogenated alkanes) is 1. The molecular weight excluding hydrogens is 332 g/mol. The van der Waals surface area contributed by atoms with Crippen molar-refractivity contribution >= 4 is 21.6 Å². The van der Waals surface area contributed by atoms with Gasteiger partial charge in [-0.3, -0.25) is 4.79 Å². The van der Waals surface area contributed by atoms with E-state index in [9.17, 15) is 13.2 Å². The van der Waals surface area contributed by atoms with E-state index < -0.39 is 15.3 Å². The van der Waals surface area contributed by atoms with Gasteiger partial charge in [0.25, 0.3) is 0 Å². The zero-order valence-corrected chi connectivity index (χ0v) is 14.8. The van der Waals surface area contributed by atoms with E-state index in [4.69, 9.17) is 9.47 Å². The fourth-order valence-corrected chi connectivity index (χ4v) is 2.90. The van der Waals surface area contributed by atoms with Gasteiger partial charge in [-0.25, -0.2) is 13.1 Å². The minimum Gasteiger partial charge on any atom is -0.486 e. The third kappa shape index (κ3) is 5.38. The second-order valence-electron chi connectivity index (χ2n) is 5.85. The van der Waals surface area contributed by atoms with Crippen molar-refractivity contribution in [3.8, 4) is 11.5 Å². The van der Waals surface area contributed by atoms with Crippen LogP contribution in [0.3, 0.4) is 0 Å². The lowest BCUT2D eigenvalue weighted by molar-refractivity contribution is -0.116. The molecule has 1 amide bonds. The van der Waals surface area contributed by atoms with E-state index in [1.807, 2.05) is 0 Å². The molecule has 0 fully saturated rings. The first kappa shape index (κ1) is 18.5. The molecule has 8 heteroatoms. The molecule has 1 aliphatic heterocycles. The zero-order valence-electron chi connectivity index (χ0n) is 14.0. The van der Waals surface area contributed by atoms with E-state index in [0.717, 1.165) is 0 Å². The van der Waals surface area contributed by atoms with Gasteiger partial charge in [-0.05, 0) is 38.8 Å². The number of amides is 1. The van der Waals surface area contributed by atoms with Crippen LogP contribution in [0.1, 0.15) is 33.1 Å². The standard InChI is InChI=1S/C16H24N2O5S/c1-12(2)24(20,21)17-8-4-3-5-16(19)18-13-6-7-14-15(11-13)23-10-9-22-14/h6-7,11-12,17H,3-5,8-10H2,1-2H3,(H,18,19). The van der Waals surface area contributed by atoms with Crippen LogP contribution in [-0.2, 0) is 14.8 Å². The van der Waals surface area contributed by atoms with E-state index in [1.165, 1.54) is 0 Å². The Kier molecular flexibility index (Phi) is 6.44. The summed E-state index contributed by atoms with van der Waals surface area (Å²) in [5, 5.41) is 2.36. The molecule has 1 heterocycles. The normalized spacial score (nSPS) is 13.8. The summed E-state index contributed by atoms with van der Waals surface area (Å²) >= 11 is 0. The number of carbonyl (C=O) groups is 1. The summed E-state index contributed by atoms with van der Waals surface area (Å²) in [6.07, 6.45) is 1.55. The highest BCUT2D eigenvalue weighted by Gasteiger charge is 2.15. The number of hydrogen-bond donors (Lipinski definition) is 2. The lowest BCUT2D eigenvalue weighted by atomic mass is 10.2. The summed E-state index contributed by atoms with van der Waals surface area (Å²) in [4.78, 5) is 11.9. The molecule has 1 aromatic rings. The summed E-state index contributed by atoms with van der Waals surface area (Å²) in [7, 11) is -3.23. The molecule has 0 spiro atoms. The van der Waals surface area contributed by atoms with E-state index in [1.54, 1.807) is 32.0 Å². The first-order valence-electron chi connectivity index (χ1n) is 8.06. The Morgan fingerprint density at radius 2 is 1.88 bits per heavy atom. The number of benzene rings is 1. The number of sulfonamides is 1. The molecule has 0 saturated carbocycles. The Morgan fingerprint density at radius 3 is 2.58 bits per heavy atom. The predicted octanol–water partition coefficient (Wildman–Crippen LogP) is 1.89. The van der Waals surface area contributed by atoms with Gasteiger partial charge in [0.05, 0.1) is 5.25 Å². The van der Waals surface area contributed by atoms with Crippen LogP contribution in [0, 0.1) is 0 Å². The van der Waals surface area contributed by atoms with Crippen LogP contribution in [0.5, 0.6) is 11.5 Å². The molecule has 7 nitrogen and oxygen atoms in total. The zero-order chi connectivity index (χ0) is 17.6. The smallest absolute Gasteiger partial charge is 0.224 e. The summed E-state index contributed by atoms with van der Waals surface area (Å²) in [6.45, 7) is 4.63. The lowest BCUT2D eigenvalue weighted by Crippen LogP contribution is -2.31. The Morgan fingerprint density at radius 1 is 1.17 bits per heavy atom. The Hall–Kier alpha value is -1.80. The van der Waals surface area contributed by atoms with Crippen molar-refractivity contribution in [2.24, 2.45) is 0 Å². The van der Waals surface area contributed by atoms with E-state index in [-0.39, 0.29) is 5.91 Å². The minimum absolute atomic E-state index is 0.113. The molecule has 134 valence electrons. The fraction of sp³-hybridized carbons (Fsp3) is 0.562. The monoisotopic (exact) mass is 356 g/mol. The van der Waals surface area contributed by atoms with Crippen molar-refractivity contribution in [1.29, 1.82) is 0 Å². The third-order valence-corrected chi connectivity index (χ3v) is 5.43. The quantitative estimate of drug-likeness (QED) is 0.694. The highest BCUT2D eigenvalue weighted by atomic mass is 32.2. The van der Waals surface area contributed by atoms with Gasteiger partial charge < -0.3 is 14.8 Å². The number of nitrogens with one attached hydrogen (secondary N) is 2. The van der Waals surface area contributed by atoms with Gasteiger partial charge in [-0.15, -0.1) is 0 Å². The maximum absolute atomic E-state index is 11.9. The maximum Gasteiger partial charge on any atom is 0.224 e. The van der Waals surface area contributed by atoms with Gasteiger partial charge in [0.15, 0.2) is 11.5 Å². The lowest BCUT2D eigenvalue weighted by Gasteiger charge is -2.19. The Labute approximate surface area is 142 Å². The van der Waals surface area contributed by atoms with Gasteiger partial charge in [-0.2, -0.15) is 0 Å². The van der Waals surface area contributed by atoms with Crippen molar-refractivity contribution in [1.82, 2.24) is 4.72 Å². The van der Waals surface area contributed by atoms with Crippen LogP contribution >= 0.6 is 0 Å². The fourth-order valence-electron chi connectivity index (χ4n) is 2.14. The first-order valence-corrected chi connectivity index (χ1v) is 9.61. The van der Waals surface area contributed by atoms with Crippen molar-refractivity contribution in [2.75, 3.05) is 25.1 Å². The molecule has 2 N–H and O–H groups in total. The van der Waals surface area contributed by atoms with Gasteiger partial charge in [-0.1, -0.05) is 0 Å². The van der Waals surface area contributed by atoms with Crippen molar-refractivity contribution < 1.29 is 22.7 Å². The number of fused-ring (bicyclic) bond motifs is 1. The molecule has 0 saturated heterocycles. The second kappa shape index (κ2) is 8.34. The van der Waals surface area contributed by atoms with E-state index in [0.29, 0.717) is 56.2 Å². The third-order valence-electron chi connectivity index (χ3n) is 3.58. The van der Waals surface area contributed by atoms with E-state index >= 15 is 0 Å². The highest BCUT2D eigenvalue weighted by molar-refractivity contribution is 7.90. The minimum atomic E-state index is -3.23. The molecule has 1 aromatic carbocycles. The summed E-state index contributed by atoms with van der Waals surface area (Å²) in [6, 6.07) is 5.27. The highest BCUT2D eigenvalue weighted by Crippen LogP contribution is 2.32. The average molecular weight is 356 g/mol.